The topological polar surface area (TPSA) is 12.9 Å². The molecule has 0 aliphatic heterocycles. The summed E-state index contributed by atoms with van der Waals surface area (Å²) in [5, 5.41) is 3.06. The minimum atomic E-state index is 0.790. The second kappa shape index (κ2) is 3.94. The summed E-state index contributed by atoms with van der Waals surface area (Å²) in [4.78, 5) is 4.24. The van der Waals surface area contributed by atoms with Crippen molar-refractivity contribution in [2.24, 2.45) is 0 Å². The molecule has 0 saturated heterocycles. The molecular weight excluding hydrogens is 198 g/mol. The van der Waals surface area contributed by atoms with Crippen LogP contribution in [0.5, 0.6) is 0 Å². The highest BCUT2D eigenvalue weighted by atomic mass is 32.1. The number of aromatic nitrogens is 1. The maximum Gasteiger partial charge on any atom is 0.123 e. The van der Waals surface area contributed by atoms with Gasteiger partial charge in [0.1, 0.15) is 5.01 Å². The molecule has 1 heterocycles. The van der Waals surface area contributed by atoms with Crippen molar-refractivity contribution in [3.05, 3.63) is 41.4 Å². The first-order valence-corrected chi connectivity index (χ1v) is 5.51. The van der Waals surface area contributed by atoms with Crippen molar-refractivity contribution in [1.29, 1.82) is 0 Å². The average molecular weight is 207 g/mol. The monoisotopic (exact) mass is 207 g/mol. The quantitative estimate of drug-likeness (QED) is 0.746. The van der Waals surface area contributed by atoms with Crippen LogP contribution in [0.3, 0.4) is 0 Å². The van der Waals surface area contributed by atoms with Crippen LogP contribution in [0, 0.1) is 0 Å². The molecule has 1 aromatic carbocycles. The van der Waals surface area contributed by atoms with E-state index < -0.39 is 0 Å². The van der Waals surface area contributed by atoms with Gasteiger partial charge in [0, 0.05) is 22.9 Å². The normalized spacial score (nSPS) is 10.2. The molecule has 3 heteroatoms. The molecule has 2 aromatic rings. The molecule has 1 aromatic heterocycles. The van der Waals surface area contributed by atoms with E-state index in [1.807, 2.05) is 11.6 Å². The van der Waals surface area contributed by atoms with Gasteiger partial charge in [-0.05, 0) is 5.56 Å². The third-order valence-corrected chi connectivity index (χ3v) is 3.00. The van der Waals surface area contributed by atoms with Crippen LogP contribution in [0.2, 0.25) is 0 Å². The van der Waals surface area contributed by atoms with Gasteiger partial charge >= 0.3 is 0 Å². The fourth-order valence-corrected chi connectivity index (χ4v) is 1.97. The van der Waals surface area contributed by atoms with Crippen molar-refractivity contribution in [2.45, 2.75) is 5.75 Å². The van der Waals surface area contributed by atoms with E-state index in [0.29, 0.717) is 0 Å². The Morgan fingerprint density at radius 3 is 2.54 bits per heavy atom. The standard InChI is InChI=1S/C10H9NS2/c12-7-8-1-3-9(4-2-8)10-11-5-6-13-10/h1-6,12H,7H2. The summed E-state index contributed by atoms with van der Waals surface area (Å²) in [5.41, 5.74) is 2.42. The number of hydrogen-bond acceptors (Lipinski definition) is 3. The van der Waals surface area contributed by atoms with Crippen LogP contribution in [-0.4, -0.2) is 4.98 Å². The second-order valence-corrected chi connectivity index (χ2v) is 3.90. The van der Waals surface area contributed by atoms with E-state index in [4.69, 9.17) is 0 Å². The lowest BCUT2D eigenvalue weighted by atomic mass is 10.2. The van der Waals surface area contributed by atoms with E-state index in [1.54, 1.807) is 11.3 Å². The predicted octanol–water partition coefficient (Wildman–Crippen LogP) is 3.24. The number of nitrogens with zero attached hydrogens (tertiary/aromatic N) is 1. The third-order valence-electron chi connectivity index (χ3n) is 1.82. The molecule has 13 heavy (non-hydrogen) atoms. The van der Waals surface area contributed by atoms with Crippen LogP contribution in [0.25, 0.3) is 10.6 Å². The van der Waals surface area contributed by atoms with Gasteiger partial charge in [-0.3, -0.25) is 0 Å². The minimum absolute atomic E-state index is 0.790. The summed E-state index contributed by atoms with van der Waals surface area (Å²) in [7, 11) is 0. The molecule has 0 radical (unpaired) electrons. The van der Waals surface area contributed by atoms with Crippen molar-refractivity contribution in [3.8, 4) is 10.6 Å². The molecule has 0 saturated carbocycles. The zero-order valence-corrected chi connectivity index (χ0v) is 8.68. The molecule has 1 nitrogen and oxygen atoms in total. The molecule has 0 aliphatic rings. The Kier molecular flexibility index (Phi) is 2.66. The number of thiol groups is 1. The van der Waals surface area contributed by atoms with Gasteiger partial charge in [0.25, 0.3) is 0 Å². The Morgan fingerprint density at radius 1 is 1.23 bits per heavy atom. The molecule has 0 amide bonds. The molecule has 0 spiro atoms. The molecule has 0 aliphatic carbocycles. The van der Waals surface area contributed by atoms with E-state index in [2.05, 4.69) is 41.9 Å². The molecule has 0 N–H and O–H groups in total. The number of benzene rings is 1. The minimum Gasteiger partial charge on any atom is -0.245 e. The van der Waals surface area contributed by atoms with Gasteiger partial charge in [0.2, 0.25) is 0 Å². The lowest BCUT2D eigenvalue weighted by molar-refractivity contribution is 1.39. The fourth-order valence-electron chi connectivity index (χ4n) is 1.12. The van der Waals surface area contributed by atoms with E-state index in [-0.39, 0.29) is 0 Å². The summed E-state index contributed by atoms with van der Waals surface area (Å²) in [6, 6.07) is 8.35. The van der Waals surface area contributed by atoms with Gasteiger partial charge < -0.3 is 0 Å². The highest BCUT2D eigenvalue weighted by molar-refractivity contribution is 7.79. The van der Waals surface area contributed by atoms with Crippen LogP contribution in [0.15, 0.2) is 35.8 Å². The van der Waals surface area contributed by atoms with Crippen molar-refractivity contribution in [1.82, 2.24) is 4.98 Å². The number of rotatable bonds is 2. The van der Waals surface area contributed by atoms with Crippen LogP contribution in [0.1, 0.15) is 5.56 Å². The first-order valence-electron chi connectivity index (χ1n) is 4.00. The van der Waals surface area contributed by atoms with Gasteiger partial charge in [-0.25, -0.2) is 4.98 Å². The molecule has 2 rings (SSSR count). The first-order chi connectivity index (χ1) is 6.40. The maximum atomic E-state index is 4.24. The van der Waals surface area contributed by atoms with E-state index >= 15 is 0 Å². The number of hydrogen-bond donors (Lipinski definition) is 1. The molecule has 66 valence electrons. The van der Waals surface area contributed by atoms with E-state index in [9.17, 15) is 0 Å². The van der Waals surface area contributed by atoms with Crippen molar-refractivity contribution >= 4 is 24.0 Å². The largest absolute Gasteiger partial charge is 0.245 e. The smallest absolute Gasteiger partial charge is 0.123 e. The SMILES string of the molecule is SCc1ccc(-c2nccs2)cc1. The van der Waals surface area contributed by atoms with Gasteiger partial charge in [-0.15, -0.1) is 11.3 Å². The van der Waals surface area contributed by atoms with Gasteiger partial charge in [-0.2, -0.15) is 12.6 Å². The van der Waals surface area contributed by atoms with Crippen molar-refractivity contribution < 1.29 is 0 Å². The molecule has 0 bridgehead atoms. The summed E-state index contributed by atoms with van der Waals surface area (Å²) in [5.74, 6) is 0.790. The Bertz CT molecular complexity index is 364. The zero-order chi connectivity index (χ0) is 9.10. The first kappa shape index (κ1) is 8.78. The van der Waals surface area contributed by atoms with Gasteiger partial charge in [0.05, 0.1) is 0 Å². The van der Waals surface area contributed by atoms with Crippen LogP contribution in [0.4, 0.5) is 0 Å². The highest BCUT2D eigenvalue weighted by Gasteiger charge is 1.98. The van der Waals surface area contributed by atoms with Gasteiger partial charge in [0.15, 0.2) is 0 Å². The zero-order valence-electron chi connectivity index (χ0n) is 6.97. The third kappa shape index (κ3) is 1.92. The lowest BCUT2D eigenvalue weighted by Gasteiger charge is -1.97. The Labute approximate surface area is 86.9 Å². The Balaban J connectivity index is 2.33. The molecule has 0 fully saturated rings. The predicted molar refractivity (Wildman–Crippen MR) is 60.2 cm³/mol. The van der Waals surface area contributed by atoms with Crippen LogP contribution < -0.4 is 0 Å². The summed E-state index contributed by atoms with van der Waals surface area (Å²) in [6.45, 7) is 0. The summed E-state index contributed by atoms with van der Waals surface area (Å²) >= 11 is 5.87. The van der Waals surface area contributed by atoms with Crippen molar-refractivity contribution in [3.63, 3.8) is 0 Å². The molecular formula is C10H9NS2. The van der Waals surface area contributed by atoms with Crippen LogP contribution in [-0.2, 0) is 5.75 Å². The Morgan fingerprint density at radius 2 is 2.00 bits per heavy atom. The summed E-state index contributed by atoms with van der Waals surface area (Å²) in [6.07, 6.45) is 1.83. The van der Waals surface area contributed by atoms with E-state index in [1.165, 1.54) is 11.1 Å². The maximum absolute atomic E-state index is 4.24. The van der Waals surface area contributed by atoms with Gasteiger partial charge in [-0.1, -0.05) is 24.3 Å². The molecule has 0 unspecified atom stereocenters. The number of thiazole rings is 1. The highest BCUT2D eigenvalue weighted by Crippen LogP contribution is 2.21. The summed E-state index contributed by atoms with van der Waals surface area (Å²) < 4.78 is 0. The van der Waals surface area contributed by atoms with Crippen LogP contribution >= 0.6 is 24.0 Å². The average Bonchev–Trinajstić information content (AvgIpc) is 2.71. The fraction of sp³-hybridized carbons (Fsp3) is 0.100. The lowest BCUT2D eigenvalue weighted by Crippen LogP contribution is -1.78. The Hall–Kier alpha value is -0.800. The van der Waals surface area contributed by atoms with E-state index in [0.717, 1.165) is 10.8 Å². The second-order valence-electron chi connectivity index (χ2n) is 2.69. The molecule has 0 atom stereocenters. The van der Waals surface area contributed by atoms with Crippen molar-refractivity contribution in [2.75, 3.05) is 0 Å².